The number of amides is 1. The lowest BCUT2D eigenvalue weighted by molar-refractivity contribution is -0.140. The standard InChI is InChI=1S/C23H30N2O3.ClH/c1-24-14-15-25(2)22(26)23(12-16-27-17-13-23)20-8-10-21(11-9-20)28-18-19-6-4-3-5-7-19;/h3-11,24H,12-18H2,1-2H3;1H. The SMILES string of the molecule is CNCCN(C)C(=O)C1(c2ccc(OCc3ccccc3)cc2)CCOCC1.Cl. The molecule has 1 N–H and O–H groups in total. The van der Waals surface area contributed by atoms with E-state index in [-0.39, 0.29) is 18.3 Å². The highest BCUT2D eigenvalue weighted by molar-refractivity contribution is 5.88. The van der Waals surface area contributed by atoms with Crippen LogP contribution < -0.4 is 10.1 Å². The monoisotopic (exact) mass is 418 g/mol. The van der Waals surface area contributed by atoms with E-state index in [4.69, 9.17) is 9.47 Å². The van der Waals surface area contributed by atoms with E-state index in [9.17, 15) is 4.79 Å². The number of nitrogens with one attached hydrogen (secondary N) is 1. The van der Waals surface area contributed by atoms with Crippen molar-refractivity contribution >= 4 is 18.3 Å². The van der Waals surface area contributed by atoms with Crippen LogP contribution in [0.4, 0.5) is 0 Å². The molecule has 2 aromatic rings. The maximum Gasteiger partial charge on any atom is 0.233 e. The highest BCUT2D eigenvalue weighted by Crippen LogP contribution is 2.37. The molecule has 2 aromatic carbocycles. The smallest absolute Gasteiger partial charge is 0.233 e. The lowest BCUT2D eigenvalue weighted by Gasteiger charge is -2.39. The van der Waals surface area contributed by atoms with Crippen molar-refractivity contribution in [2.45, 2.75) is 24.9 Å². The molecule has 0 radical (unpaired) electrons. The molecule has 6 heteroatoms. The van der Waals surface area contributed by atoms with Crippen LogP contribution in [0.2, 0.25) is 0 Å². The van der Waals surface area contributed by atoms with Crippen LogP contribution in [0.15, 0.2) is 54.6 Å². The second-order valence-electron chi connectivity index (χ2n) is 7.32. The lowest BCUT2D eigenvalue weighted by atomic mass is 9.73. The van der Waals surface area contributed by atoms with Crippen LogP contribution in [0.1, 0.15) is 24.0 Å². The number of hydrogen-bond acceptors (Lipinski definition) is 4. The number of rotatable bonds is 8. The third kappa shape index (κ3) is 5.72. The Balaban J connectivity index is 0.00000300. The van der Waals surface area contributed by atoms with E-state index in [1.807, 2.05) is 73.6 Å². The minimum atomic E-state index is -0.515. The maximum absolute atomic E-state index is 13.3. The molecule has 0 atom stereocenters. The number of likely N-dealkylation sites (N-methyl/N-ethyl adjacent to an activating group) is 2. The number of nitrogens with zero attached hydrogens (tertiary/aromatic N) is 1. The molecular weight excluding hydrogens is 388 g/mol. The molecule has 158 valence electrons. The van der Waals surface area contributed by atoms with Crippen LogP contribution in [-0.2, 0) is 21.6 Å². The van der Waals surface area contributed by atoms with Crippen molar-refractivity contribution in [2.75, 3.05) is 40.4 Å². The van der Waals surface area contributed by atoms with Crippen LogP contribution >= 0.6 is 12.4 Å². The topological polar surface area (TPSA) is 50.8 Å². The van der Waals surface area contributed by atoms with E-state index >= 15 is 0 Å². The van der Waals surface area contributed by atoms with E-state index < -0.39 is 5.41 Å². The summed E-state index contributed by atoms with van der Waals surface area (Å²) < 4.78 is 11.5. The zero-order valence-electron chi connectivity index (χ0n) is 17.2. The largest absolute Gasteiger partial charge is 0.489 e. The fourth-order valence-corrected chi connectivity index (χ4v) is 3.70. The second-order valence-corrected chi connectivity index (χ2v) is 7.32. The second kappa shape index (κ2) is 11.2. The first kappa shape index (κ1) is 23.2. The van der Waals surface area contributed by atoms with Crippen molar-refractivity contribution < 1.29 is 14.3 Å². The van der Waals surface area contributed by atoms with Crippen molar-refractivity contribution in [1.82, 2.24) is 10.2 Å². The fourth-order valence-electron chi connectivity index (χ4n) is 3.70. The van der Waals surface area contributed by atoms with Gasteiger partial charge in [0.25, 0.3) is 0 Å². The zero-order valence-corrected chi connectivity index (χ0v) is 18.0. The maximum atomic E-state index is 13.3. The molecule has 29 heavy (non-hydrogen) atoms. The van der Waals surface area contributed by atoms with Crippen LogP contribution in [0.3, 0.4) is 0 Å². The molecule has 1 heterocycles. The van der Waals surface area contributed by atoms with E-state index in [1.54, 1.807) is 0 Å². The van der Waals surface area contributed by atoms with Gasteiger partial charge in [-0.15, -0.1) is 12.4 Å². The molecule has 0 bridgehead atoms. The molecule has 0 unspecified atom stereocenters. The average molecular weight is 419 g/mol. The third-order valence-corrected chi connectivity index (χ3v) is 5.45. The molecule has 1 amide bonds. The highest BCUT2D eigenvalue weighted by atomic mass is 35.5. The van der Waals surface area contributed by atoms with Crippen molar-refractivity contribution in [3.63, 3.8) is 0 Å². The molecule has 5 nitrogen and oxygen atoms in total. The summed E-state index contributed by atoms with van der Waals surface area (Å²) in [5.41, 5.74) is 1.66. The Morgan fingerprint density at radius 3 is 2.38 bits per heavy atom. The summed E-state index contributed by atoms with van der Waals surface area (Å²) >= 11 is 0. The fraction of sp³-hybridized carbons (Fsp3) is 0.435. The van der Waals surface area contributed by atoms with Gasteiger partial charge in [0, 0.05) is 33.4 Å². The predicted octanol–water partition coefficient (Wildman–Crippen LogP) is 3.41. The molecule has 3 rings (SSSR count). The molecule has 1 fully saturated rings. The van der Waals surface area contributed by atoms with Crippen LogP contribution in [0.5, 0.6) is 5.75 Å². The van der Waals surface area contributed by atoms with Gasteiger partial charge < -0.3 is 19.7 Å². The Labute approximate surface area is 179 Å². The molecule has 0 spiro atoms. The summed E-state index contributed by atoms with van der Waals surface area (Å²) in [5, 5.41) is 3.11. The summed E-state index contributed by atoms with van der Waals surface area (Å²) in [6.45, 7) is 3.22. The molecule has 0 aliphatic carbocycles. The minimum absolute atomic E-state index is 0. The predicted molar refractivity (Wildman–Crippen MR) is 118 cm³/mol. The van der Waals surface area contributed by atoms with Gasteiger partial charge in [0.1, 0.15) is 12.4 Å². The van der Waals surface area contributed by atoms with Gasteiger partial charge in [0.05, 0.1) is 5.41 Å². The Kier molecular flexibility index (Phi) is 8.96. The van der Waals surface area contributed by atoms with Crippen LogP contribution in [0.25, 0.3) is 0 Å². The molecule has 1 aliphatic rings. The van der Waals surface area contributed by atoms with Gasteiger partial charge in [0.2, 0.25) is 5.91 Å². The van der Waals surface area contributed by atoms with Gasteiger partial charge in [-0.2, -0.15) is 0 Å². The molecule has 1 aliphatic heterocycles. The minimum Gasteiger partial charge on any atom is -0.489 e. The summed E-state index contributed by atoms with van der Waals surface area (Å²) in [5.74, 6) is 0.981. The van der Waals surface area contributed by atoms with Gasteiger partial charge >= 0.3 is 0 Å². The summed E-state index contributed by atoms with van der Waals surface area (Å²) in [6.07, 6.45) is 1.42. The van der Waals surface area contributed by atoms with E-state index in [0.717, 1.165) is 23.4 Å². The molecule has 0 saturated carbocycles. The number of ether oxygens (including phenoxy) is 2. The zero-order chi connectivity index (χ0) is 19.8. The number of carbonyl (C=O) groups is 1. The van der Waals surface area contributed by atoms with Crippen molar-refractivity contribution in [2.24, 2.45) is 0 Å². The van der Waals surface area contributed by atoms with E-state index in [2.05, 4.69) is 5.32 Å². The first-order valence-corrected chi connectivity index (χ1v) is 9.91. The van der Waals surface area contributed by atoms with Gasteiger partial charge in [-0.05, 0) is 43.1 Å². The highest BCUT2D eigenvalue weighted by Gasteiger charge is 2.43. The van der Waals surface area contributed by atoms with Gasteiger partial charge in [0.15, 0.2) is 0 Å². The van der Waals surface area contributed by atoms with Crippen molar-refractivity contribution in [3.8, 4) is 5.75 Å². The van der Waals surface area contributed by atoms with Crippen LogP contribution in [0, 0.1) is 0 Å². The number of halogens is 1. The van der Waals surface area contributed by atoms with E-state index in [1.165, 1.54) is 0 Å². The third-order valence-electron chi connectivity index (χ3n) is 5.45. The Hall–Kier alpha value is -2.08. The molecule has 0 aromatic heterocycles. The number of carbonyl (C=O) groups excluding carboxylic acids is 1. The first-order chi connectivity index (χ1) is 13.7. The molecular formula is C23H31ClN2O3. The van der Waals surface area contributed by atoms with E-state index in [0.29, 0.717) is 39.2 Å². The van der Waals surface area contributed by atoms with Gasteiger partial charge in [-0.3, -0.25) is 4.79 Å². The lowest BCUT2D eigenvalue weighted by Crippen LogP contribution is -2.49. The van der Waals surface area contributed by atoms with Crippen LogP contribution in [-0.4, -0.2) is 51.2 Å². The van der Waals surface area contributed by atoms with Gasteiger partial charge in [-0.1, -0.05) is 42.5 Å². The average Bonchev–Trinajstić information content (AvgIpc) is 2.77. The first-order valence-electron chi connectivity index (χ1n) is 9.91. The van der Waals surface area contributed by atoms with Gasteiger partial charge in [-0.25, -0.2) is 0 Å². The quantitative estimate of drug-likeness (QED) is 0.713. The summed E-state index contributed by atoms with van der Waals surface area (Å²) in [4.78, 5) is 15.2. The van der Waals surface area contributed by atoms with Crippen molar-refractivity contribution in [1.29, 1.82) is 0 Å². The Bertz CT molecular complexity index is 746. The summed E-state index contributed by atoms with van der Waals surface area (Å²) in [7, 11) is 3.78. The number of benzene rings is 2. The molecule has 1 saturated heterocycles. The Morgan fingerprint density at radius 2 is 1.76 bits per heavy atom. The number of hydrogen-bond donors (Lipinski definition) is 1. The Morgan fingerprint density at radius 1 is 1.10 bits per heavy atom. The normalized spacial score (nSPS) is 15.2. The van der Waals surface area contributed by atoms with Crippen molar-refractivity contribution in [3.05, 3.63) is 65.7 Å². The summed E-state index contributed by atoms with van der Waals surface area (Å²) in [6, 6.07) is 18.1.